The number of carbonyl (C=O) groups excluding carboxylic acids is 2. The summed E-state index contributed by atoms with van der Waals surface area (Å²) < 4.78 is 15.8. The summed E-state index contributed by atoms with van der Waals surface area (Å²) in [5, 5.41) is 2.83. The van der Waals surface area contributed by atoms with Crippen molar-refractivity contribution in [3.05, 3.63) is 82.9 Å². The number of aryl methyl sites for hydroxylation is 1. The van der Waals surface area contributed by atoms with Crippen LogP contribution in [0.5, 0.6) is 11.5 Å². The summed E-state index contributed by atoms with van der Waals surface area (Å²) in [7, 11) is 1.50. The molecule has 6 heteroatoms. The number of fused-ring (bicyclic) bond motifs is 1. The molecule has 0 bridgehead atoms. The van der Waals surface area contributed by atoms with Crippen molar-refractivity contribution in [3.63, 3.8) is 0 Å². The van der Waals surface area contributed by atoms with Crippen molar-refractivity contribution in [2.24, 2.45) is 0 Å². The first-order chi connectivity index (χ1) is 17.0. The summed E-state index contributed by atoms with van der Waals surface area (Å²) in [6.45, 7) is 2.82. The first kappa shape index (κ1) is 23.1. The molecule has 1 fully saturated rings. The molecule has 3 aromatic carbocycles. The van der Waals surface area contributed by atoms with Crippen LogP contribution in [0.3, 0.4) is 0 Å². The Balaban J connectivity index is 1.30. The Morgan fingerprint density at radius 1 is 0.943 bits per heavy atom. The number of hydrogen-bond donors (Lipinski definition) is 1. The monoisotopic (exact) mass is 471 g/mol. The van der Waals surface area contributed by atoms with E-state index in [1.165, 1.54) is 7.11 Å². The Hall–Kier alpha value is -3.64. The van der Waals surface area contributed by atoms with Crippen molar-refractivity contribution < 1.29 is 23.8 Å². The highest BCUT2D eigenvalue weighted by atomic mass is 16.7. The molecule has 0 unspecified atom stereocenters. The van der Waals surface area contributed by atoms with Gasteiger partial charge >= 0.3 is 0 Å². The quantitative estimate of drug-likeness (QED) is 0.498. The number of amides is 1. The maximum absolute atomic E-state index is 13.4. The molecule has 180 valence electrons. The lowest BCUT2D eigenvalue weighted by Gasteiger charge is -2.16. The van der Waals surface area contributed by atoms with Gasteiger partial charge in [-0.25, -0.2) is 0 Å². The fourth-order valence-electron chi connectivity index (χ4n) is 4.68. The van der Waals surface area contributed by atoms with Gasteiger partial charge in [-0.15, -0.1) is 0 Å². The molecule has 35 heavy (non-hydrogen) atoms. The van der Waals surface area contributed by atoms with E-state index >= 15 is 0 Å². The number of benzene rings is 3. The lowest BCUT2D eigenvalue weighted by atomic mass is 9.87. The average molecular weight is 472 g/mol. The van der Waals surface area contributed by atoms with E-state index in [2.05, 4.69) is 36.5 Å². The highest BCUT2D eigenvalue weighted by Gasteiger charge is 2.50. The van der Waals surface area contributed by atoms with E-state index in [9.17, 15) is 9.59 Å². The normalized spacial score (nSPS) is 15.0. The third-order valence-electron chi connectivity index (χ3n) is 6.91. The molecule has 1 N–H and O–H groups in total. The maximum atomic E-state index is 13.4. The van der Waals surface area contributed by atoms with Crippen LogP contribution >= 0.6 is 0 Å². The van der Waals surface area contributed by atoms with Crippen LogP contribution in [-0.4, -0.2) is 32.2 Å². The molecular formula is C29H29NO5. The second kappa shape index (κ2) is 9.55. The largest absolute Gasteiger partial charge is 0.454 e. The lowest BCUT2D eigenvalue weighted by molar-refractivity contribution is -0.125. The maximum Gasteiger partial charge on any atom is 0.246 e. The predicted molar refractivity (Wildman–Crippen MR) is 133 cm³/mol. The van der Waals surface area contributed by atoms with Crippen LogP contribution in [-0.2, 0) is 32.7 Å². The van der Waals surface area contributed by atoms with E-state index < -0.39 is 5.41 Å². The lowest BCUT2D eigenvalue weighted by Crippen LogP contribution is -2.26. The number of hydrogen-bond acceptors (Lipinski definition) is 5. The Labute approximate surface area is 205 Å². The summed E-state index contributed by atoms with van der Waals surface area (Å²) >= 11 is 0. The molecule has 1 amide bonds. The fourth-order valence-corrected chi connectivity index (χ4v) is 4.68. The number of ketones is 1. The van der Waals surface area contributed by atoms with Crippen molar-refractivity contribution in [1.82, 2.24) is 5.32 Å². The number of nitrogens with one attached hydrogen (secondary N) is 1. The molecule has 5 rings (SSSR count). The second-order valence-electron chi connectivity index (χ2n) is 9.31. The minimum Gasteiger partial charge on any atom is -0.454 e. The standard InChI is InChI=1S/C29H29NO5/c1-19-3-4-21(13-24(19)22-7-5-20(6-8-22)16-30-28(32)17-33-2)14-27(31)29(11-12-29)23-9-10-25-26(15-23)35-18-34-25/h3-10,13,15H,11-12,14,16-18H2,1-2H3,(H,30,32). The molecule has 0 saturated heterocycles. The molecule has 0 atom stereocenters. The zero-order chi connectivity index (χ0) is 24.4. The number of carbonyl (C=O) groups is 2. The first-order valence-corrected chi connectivity index (χ1v) is 11.9. The van der Waals surface area contributed by atoms with Crippen LogP contribution in [0.1, 0.15) is 35.1 Å². The van der Waals surface area contributed by atoms with Crippen molar-refractivity contribution in [2.45, 2.75) is 38.1 Å². The van der Waals surface area contributed by atoms with Crippen molar-refractivity contribution in [3.8, 4) is 22.6 Å². The summed E-state index contributed by atoms with van der Waals surface area (Å²) in [4.78, 5) is 25.0. The SMILES string of the molecule is COCC(=O)NCc1ccc(-c2cc(CC(=O)C3(c4ccc5c(c4)OCO5)CC3)ccc2C)cc1. The van der Waals surface area contributed by atoms with E-state index in [-0.39, 0.29) is 25.1 Å². The van der Waals surface area contributed by atoms with Gasteiger partial charge in [0.25, 0.3) is 0 Å². The predicted octanol–water partition coefficient (Wildman–Crippen LogP) is 4.50. The van der Waals surface area contributed by atoms with Gasteiger partial charge in [-0.3, -0.25) is 9.59 Å². The number of ether oxygens (including phenoxy) is 3. The molecule has 6 nitrogen and oxygen atoms in total. The third kappa shape index (κ3) is 4.80. The molecule has 2 aliphatic rings. The highest BCUT2D eigenvalue weighted by Crippen LogP contribution is 2.51. The molecule has 1 saturated carbocycles. The average Bonchev–Trinajstić information content (AvgIpc) is 3.55. The first-order valence-electron chi connectivity index (χ1n) is 11.9. The minimum absolute atomic E-state index is 0.0543. The Morgan fingerprint density at radius 2 is 1.69 bits per heavy atom. The summed E-state index contributed by atoms with van der Waals surface area (Å²) in [6.07, 6.45) is 2.13. The molecule has 0 radical (unpaired) electrons. The number of rotatable bonds is 9. The summed E-state index contributed by atoms with van der Waals surface area (Å²) in [5.41, 5.74) is 5.98. The van der Waals surface area contributed by atoms with Gasteiger partial charge in [0.05, 0.1) is 5.41 Å². The minimum atomic E-state index is -0.416. The van der Waals surface area contributed by atoms with E-state index in [4.69, 9.17) is 14.2 Å². The zero-order valence-corrected chi connectivity index (χ0v) is 20.1. The Morgan fingerprint density at radius 3 is 2.43 bits per heavy atom. The topological polar surface area (TPSA) is 73.9 Å². The van der Waals surface area contributed by atoms with Gasteiger partial charge in [-0.05, 0) is 65.3 Å². The number of Topliss-reactive ketones (excluding diaryl/α,β-unsaturated/α-hetero) is 1. The van der Waals surface area contributed by atoms with Gasteiger partial charge in [0, 0.05) is 20.1 Å². The van der Waals surface area contributed by atoms with E-state index in [1.54, 1.807) is 0 Å². The summed E-state index contributed by atoms with van der Waals surface area (Å²) in [6, 6.07) is 20.3. The molecule has 1 heterocycles. The van der Waals surface area contributed by atoms with Crippen LogP contribution in [0.25, 0.3) is 11.1 Å². The van der Waals surface area contributed by atoms with Crippen LogP contribution in [0, 0.1) is 6.92 Å². The third-order valence-corrected chi connectivity index (χ3v) is 6.91. The van der Waals surface area contributed by atoms with Crippen LogP contribution < -0.4 is 14.8 Å². The van der Waals surface area contributed by atoms with E-state index in [0.29, 0.717) is 13.0 Å². The fraction of sp³-hybridized carbons (Fsp3) is 0.310. The molecule has 1 aliphatic heterocycles. The van der Waals surface area contributed by atoms with Gasteiger partial charge in [-0.1, -0.05) is 48.5 Å². The molecule has 0 aromatic heterocycles. The van der Waals surface area contributed by atoms with Gasteiger partial charge in [0.2, 0.25) is 12.7 Å². The molecule has 3 aromatic rings. The van der Waals surface area contributed by atoms with Gasteiger partial charge < -0.3 is 19.5 Å². The van der Waals surface area contributed by atoms with E-state index in [0.717, 1.165) is 57.7 Å². The van der Waals surface area contributed by atoms with Crippen LogP contribution in [0.2, 0.25) is 0 Å². The molecular weight excluding hydrogens is 442 g/mol. The zero-order valence-electron chi connectivity index (χ0n) is 20.1. The molecule has 0 spiro atoms. The van der Waals surface area contributed by atoms with Gasteiger partial charge in [-0.2, -0.15) is 0 Å². The molecule has 1 aliphatic carbocycles. The van der Waals surface area contributed by atoms with Crippen molar-refractivity contribution >= 4 is 11.7 Å². The van der Waals surface area contributed by atoms with Crippen LogP contribution in [0.15, 0.2) is 60.7 Å². The highest BCUT2D eigenvalue weighted by molar-refractivity contribution is 5.95. The second-order valence-corrected chi connectivity index (χ2v) is 9.31. The van der Waals surface area contributed by atoms with Crippen molar-refractivity contribution in [1.29, 1.82) is 0 Å². The smallest absolute Gasteiger partial charge is 0.246 e. The summed E-state index contributed by atoms with van der Waals surface area (Å²) in [5.74, 6) is 1.57. The van der Waals surface area contributed by atoms with E-state index in [1.807, 2.05) is 36.4 Å². The Bertz CT molecular complexity index is 1260. The van der Waals surface area contributed by atoms with Gasteiger partial charge in [0.15, 0.2) is 11.5 Å². The van der Waals surface area contributed by atoms with Gasteiger partial charge in [0.1, 0.15) is 12.4 Å². The van der Waals surface area contributed by atoms with Crippen molar-refractivity contribution in [2.75, 3.05) is 20.5 Å². The Kier molecular flexibility index (Phi) is 6.31. The van der Waals surface area contributed by atoms with Crippen LogP contribution in [0.4, 0.5) is 0 Å². The number of methoxy groups -OCH3 is 1.